The Labute approximate surface area is 182 Å². The topological polar surface area (TPSA) is 154 Å². The molecule has 1 aromatic carbocycles. The highest BCUT2D eigenvalue weighted by Gasteiger charge is 2.20. The summed E-state index contributed by atoms with van der Waals surface area (Å²) in [4.78, 5) is 44.3. The summed E-state index contributed by atoms with van der Waals surface area (Å²) in [5, 5.41) is 21.9. The average molecular weight is 436 g/mol. The number of carbonyl (C=O) groups excluding carboxylic acids is 2. The van der Waals surface area contributed by atoms with Gasteiger partial charge in [0.25, 0.3) is 0 Å². The van der Waals surface area contributed by atoms with Gasteiger partial charge in [-0.05, 0) is 24.3 Å². The molecule has 0 saturated carbocycles. The lowest BCUT2D eigenvalue weighted by atomic mass is 10.2. The van der Waals surface area contributed by atoms with E-state index >= 15 is 0 Å². The molecule has 0 aliphatic heterocycles. The Bertz CT molecular complexity index is 1160. The van der Waals surface area contributed by atoms with Crippen LogP contribution in [0, 0.1) is 0 Å². The molecule has 164 valence electrons. The highest BCUT2D eigenvalue weighted by molar-refractivity contribution is 6.00. The molecule has 2 aromatic heterocycles. The van der Waals surface area contributed by atoms with Crippen LogP contribution in [0.2, 0.25) is 0 Å². The molecule has 0 aliphatic carbocycles. The molecule has 0 radical (unpaired) electrons. The van der Waals surface area contributed by atoms with Crippen LogP contribution in [-0.4, -0.2) is 49.8 Å². The zero-order valence-corrected chi connectivity index (χ0v) is 17.0. The number of aromatic nitrogens is 4. The van der Waals surface area contributed by atoms with E-state index in [0.717, 1.165) is 11.0 Å². The van der Waals surface area contributed by atoms with Crippen LogP contribution in [0.1, 0.15) is 0 Å². The van der Waals surface area contributed by atoms with Crippen molar-refractivity contribution in [3.8, 4) is 0 Å². The molecule has 4 N–H and O–H groups in total. The van der Waals surface area contributed by atoms with Gasteiger partial charge in [0.2, 0.25) is 17.8 Å². The van der Waals surface area contributed by atoms with Gasteiger partial charge in [0.1, 0.15) is 12.4 Å². The maximum Gasteiger partial charge on any atom is 0.417 e. The van der Waals surface area contributed by atoms with E-state index < -0.39 is 12.0 Å². The van der Waals surface area contributed by atoms with Crippen LogP contribution < -0.4 is 20.9 Å². The van der Waals surface area contributed by atoms with Crippen molar-refractivity contribution in [2.75, 3.05) is 22.6 Å². The van der Waals surface area contributed by atoms with Crippen LogP contribution in [0.4, 0.5) is 33.6 Å². The van der Waals surface area contributed by atoms with E-state index in [-0.39, 0.29) is 29.9 Å². The van der Waals surface area contributed by atoms with Crippen LogP contribution in [0.3, 0.4) is 0 Å². The van der Waals surface area contributed by atoms with Gasteiger partial charge in [-0.25, -0.2) is 14.7 Å². The highest BCUT2D eigenvalue weighted by atomic mass is 16.4. The van der Waals surface area contributed by atoms with Crippen molar-refractivity contribution in [2.45, 2.75) is 6.54 Å². The van der Waals surface area contributed by atoms with E-state index in [4.69, 9.17) is 0 Å². The second kappa shape index (κ2) is 9.84. The standard InChI is InChI=1S/C20H20N8O4/c1-3-17(29)24-13-5-4-6-15(9-13)28(20(31)32)16-7-8-22-19(26-16)25-14-10-23-27(11-14)12-18(30)21-2/h3-11H,1,12H2,2H3,(H,21,30)(H,24,29)(H,31,32)(H,22,25,26). The van der Waals surface area contributed by atoms with Gasteiger partial charge in [0.15, 0.2) is 0 Å². The summed E-state index contributed by atoms with van der Waals surface area (Å²) in [5.74, 6) is -0.416. The van der Waals surface area contributed by atoms with E-state index in [2.05, 4.69) is 37.6 Å². The van der Waals surface area contributed by atoms with E-state index in [1.165, 1.54) is 36.3 Å². The van der Waals surface area contributed by atoms with Crippen molar-refractivity contribution < 1.29 is 19.5 Å². The molecule has 0 atom stereocenters. The Kier molecular flexibility index (Phi) is 6.75. The van der Waals surface area contributed by atoms with Gasteiger partial charge >= 0.3 is 6.09 Å². The number of nitrogens with zero attached hydrogens (tertiary/aromatic N) is 5. The summed E-state index contributed by atoms with van der Waals surface area (Å²) in [6, 6.07) is 7.71. The fraction of sp³-hybridized carbons (Fsp3) is 0.100. The van der Waals surface area contributed by atoms with Crippen molar-refractivity contribution in [3.05, 3.63) is 61.6 Å². The number of likely N-dealkylation sites (N-methyl/N-ethyl adjacent to an activating group) is 1. The molecule has 12 heteroatoms. The highest BCUT2D eigenvalue weighted by Crippen LogP contribution is 2.27. The number of rotatable bonds is 8. The normalized spacial score (nSPS) is 10.2. The summed E-state index contributed by atoms with van der Waals surface area (Å²) in [6.07, 6.45) is 4.31. The van der Waals surface area contributed by atoms with Gasteiger partial charge in [-0.15, -0.1) is 0 Å². The van der Waals surface area contributed by atoms with Crippen LogP contribution in [0.25, 0.3) is 0 Å². The van der Waals surface area contributed by atoms with E-state index in [1.807, 2.05) is 0 Å². The molecule has 0 bridgehead atoms. The van der Waals surface area contributed by atoms with Gasteiger partial charge in [0.05, 0.1) is 17.6 Å². The Morgan fingerprint density at radius 3 is 2.78 bits per heavy atom. The Balaban J connectivity index is 1.84. The predicted molar refractivity (Wildman–Crippen MR) is 117 cm³/mol. The van der Waals surface area contributed by atoms with Crippen LogP contribution in [0.15, 0.2) is 61.6 Å². The van der Waals surface area contributed by atoms with Crippen LogP contribution >= 0.6 is 0 Å². The maximum absolute atomic E-state index is 12.0. The molecule has 0 unspecified atom stereocenters. The molecule has 0 spiro atoms. The first-order valence-corrected chi connectivity index (χ1v) is 9.29. The van der Waals surface area contributed by atoms with Crippen molar-refractivity contribution >= 4 is 46.7 Å². The van der Waals surface area contributed by atoms with E-state index in [0.29, 0.717) is 11.4 Å². The van der Waals surface area contributed by atoms with Crippen molar-refractivity contribution in [2.24, 2.45) is 0 Å². The second-order valence-corrected chi connectivity index (χ2v) is 6.32. The van der Waals surface area contributed by atoms with E-state index in [1.54, 1.807) is 24.4 Å². The number of nitrogens with one attached hydrogen (secondary N) is 3. The lowest BCUT2D eigenvalue weighted by Crippen LogP contribution is -2.25. The summed E-state index contributed by atoms with van der Waals surface area (Å²) >= 11 is 0. The Morgan fingerprint density at radius 1 is 1.25 bits per heavy atom. The lowest BCUT2D eigenvalue weighted by molar-refractivity contribution is -0.121. The Morgan fingerprint density at radius 2 is 2.06 bits per heavy atom. The van der Waals surface area contributed by atoms with Gasteiger partial charge in [-0.3, -0.25) is 14.3 Å². The fourth-order valence-electron chi connectivity index (χ4n) is 2.66. The second-order valence-electron chi connectivity index (χ2n) is 6.32. The molecule has 3 aromatic rings. The zero-order chi connectivity index (χ0) is 23.1. The number of benzene rings is 1. The number of carboxylic acid groups (broad SMARTS) is 1. The number of anilines is 5. The van der Waals surface area contributed by atoms with Gasteiger partial charge in [-0.1, -0.05) is 12.6 Å². The third-order valence-corrected chi connectivity index (χ3v) is 4.09. The smallest absolute Gasteiger partial charge is 0.417 e. The van der Waals surface area contributed by atoms with Crippen LogP contribution in [-0.2, 0) is 16.1 Å². The molecular weight excluding hydrogens is 416 g/mol. The molecule has 0 saturated heterocycles. The number of hydrogen-bond acceptors (Lipinski definition) is 7. The fourth-order valence-corrected chi connectivity index (χ4v) is 2.66. The molecule has 0 fully saturated rings. The van der Waals surface area contributed by atoms with Gasteiger partial charge < -0.3 is 21.1 Å². The first-order chi connectivity index (χ1) is 15.4. The summed E-state index contributed by atoms with van der Waals surface area (Å²) in [6.45, 7) is 3.43. The third kappa shape index (κ3) is 5.44. The number of amides is 3. The quantitative estimate of drug-likeness (QED) is 0.391. The first kappa shape index (κ1) is 22.0. The lowest BCUT2D eigenvalue weighted by Gasteiger charge is -2.19. The summed E-state index contributed by atoms with van der Waals surface area (Å²) in [7, 11) is 1.53. The largest absolute Gasteiger partial charge is 0.464 e. The summed E-state index contributed by atoms with van der Waals surface area (Å²) < 4.78 is 1.43. The molecule has 3 amide bonds. The van der Waals surface area contributed by atoms with Crippen molar-refractivity contribution in [1.82, 2.24) is 25.1 Å². The minimum atomic E-state index is -1.28. The average Bonchev–Trinajstić information content (AvgIpc) is 3.20. The monoisotopic (exact) mass is 436 g/mol. The molecule has 0 aliphatic rings. The first-order valence-electron chi connectivity index (χ1n) is 9.29. The van der Waals surface area contributed by atoms with Crippen LogP contribution in [0.5, 0.6) is 0 Å². The molecule has 12 nitrogen and oxygen atoms in total. The maximum atomic E-state index is 12.0. The minimum absolute atomic E-state index is 0.0462. The molecule has 2 heterocycles. The van der Waals surface area contributed by atoms with Crippen molar-refractivity contribution in [3.63, 3.8) is 0 Å². The predicted octanol–water partition coefficient (Wildman–Crippen LogP) is 2.10. The number of hydrogen-bond donors (Lipinski definition) is 4. The molecule has 3 rings (SSSR count). The van der Waals surface area contributed by atoms with E-state index in [9.17, 15) is 19.5 Å². The summed E-state index contributed by atoms with van der Waals surface area (Å²) in [5.41, 5.74) is 1.18. The Hall–Kier alpha value is -4.74. The number of carbonyl (C=O) groups is 3. The SMILES string of the molecule is C=CC(=O)Nc1cccc(N(C(=O)O)c2ccnc(Nc3cnn(CC(=O)NC)c3)n2)c1. The molecular formula is C20H20N8O4. The zero-order valence-electron chi connectivity index (χ0n) is 17.0. The third-order valence-electron chi connectivity index (χ3n) is 4.09. The van der Waals surface area contributed by atoms with Gasteiger partial charge in [0, 0.05) is 31.2 Å². The molecule has 32 heavy (non-hydrogen) atoms. The van der Waals surface area contributed by atoms with Crippen molar-refractivity contribution in [1.29, 1.82) is 0 Å². The minimum Gasteiger partial charge on any atom is -0.464 e. The van der Waals surface area contributed by atoms with Gasteiger partial charge in [-0.2, -0.15) is 10.1 Å².